The quantitative estimate of drug-likeness (QED) is 0.874. The second kappa shape index (κ2) is 7.57. The van der Waals surface area contributed by atoms with Gasteiger partial charge in [-0.1, -0.05) is 17.7 Å². The lowest BCUT2D eigenvalue weighted by Gasteiger charge is -2.22. The summed E-state index contributed by atoms with van der Waals surface area (Å²) >= 11 is 0. The fraction of sp³-hybridized carbons (Fsp3) is 0.647. The number of hydrogen-bond donors (Lipinski definition) is 1. The molecular weight excluding hydrogens is 298 g/mol. The van der Waals surface area contributed by atoms with E-state index in [1.165, 1.54) is 22.3 Å². The molecule has 1 heterocycles. The van der Waals surface area contributed by atoms with Crippen molar-refractivity contribution in [3.63, 3.8) is 0 Å². The molecule has 0 aliphatic carbocycles. The highest BCUT2D eigenvalue weighted by molar-refractivity contribution is 7.89. The SMILES string of the molecule is Cc1cc(C)c(CCNS(=O)(=O)CC2CCOCC2)c(C)c1. The molecule has 1 saturated heterocycles. The Hall–Kier alpha value is -0.910. The van der Waals surface area contributed by atoms with E-state index in [4.69, 9.17) is 4.74 Å². The summed E-state index contributed by atoms with van der Waals surface area (Å²) < 4.78 is 32.4. The highest BCUT2D eigenvalue weighted by Crippen LogP contribution is 2.18. The highest BCUT2D eigenvalue weighted by atomic mass is 32.2. The zero-order valence-electron chi connectivity index (χ0n) is 13.8. The van der Waals surface area contributed by atoms with Crippen LogP contribution in [0.15, 0.2) is 12.1 Å². The molecule has 1 aliphatic heterocycles. The molecule has 0 spiro atoms. The van der Waals surface area contributed by atoms with Gasteiger partial charge in [0.1, 0.15) is 0 Å². The van der Waals surface area contributed by atoms with E-state index in [-0.39, 0.29) is 11.7 Å². The van der Waals surface area contributed by atoms with E-state index in [0.717, 1.165) is 19.3 Å². The van der Waals surface area contributed by atoms with Crippen molar-refractivity contribution in [1.29, 1.82) is 0 Å². The molecule has 0 bridgehead atoms. The minimum atomic E-state index is -3.19. The maximum Gasteiger partial charge on any atom is 0.211 e. The maximum atomic E-state index is 12.2. The largest absolute Gasteiger partial charge is 0.381 e. The summed E-state index contributed by atoms with van der Waals surface area (Å²) in [5.41, 5.74) is 4.97. The number of rotatable bonds is 6. The van der Waals surface area contributed by atoms with E-state index in [1.807, 2.05) is 0 Å². The molecule has 124 valence electrons. The normalized spacial score (nSPS) is 16.9. The van der Waals surface area contributed by atoms with Crippen LogP contribution in [0.3, 0.4) is 0 Å². The molecule has 0 saturated carbocycles. The van der Waals surface area contributed by atoms with Crippen LogP contribution in [0.5, 0.6) is 0 Å². The van der Waals surface area contributed by atoms with Gasteiger partial charge in [0, 0.05) is 19.8 Å². The van der Waals surface area contributed by atoms with Crippen molar-refractivity contribution in [2.75, 3.05) is 25.5 Å². The lowest BCUT2D eigenvalue weighted by atomic mass is 9.97. The minimum Gasteiger partial charge on any atom is -0.381 e. The molecule has 22 heavy (non-hydrogen) atoms. The Morgan fingerprint density at radius 3 is 2.32 bits per heavy atom. The molecule has 1 aromatic carbocycles. The summed E-state index contributed by atoms with van der Waals surface area (Å²) in [4.78, 5) is 0. The van der Waals surface area contributed by atoms with E-state index in [0.29, 0.717) is 19.8 Å². The molecule has 1 aromatic rings. The van der Waals surface area contributed by atoms with Crippen LogP contribution < -0.4 is 4.72 Å². The molecule has 0 atom stereocenters. The van der Waals surface area contributed by atoms with Crippen LogP contribution in [0.2, 0.25) is 0 Å². The lowest BCUT2D eigenvalue weighted by molar-refractivity contribution is 0.0723. The molecule has 1 fully saturated rings. The first kappa shape index (κ1) is 17.4. The number of sulfonamides is 1. The summed E-state index contributed by atoms with van der Waals surface area (Å²) in [5.74, 6) is 0.455. The number of nitrogens with one attached hydrogen (secondary N) is 1. The monoisotopic (exact) mass is 325 g/mol. The first-order chi connectivity index (χ1) is 10.4. The van der Waals surface area contributed by atoms with Crippen LogP contribution in [0.1, 0.15) is 35.1 Å². The van der Waals surface area contributed by atoms with Crippen LogP contribution in [0.25, 0.3) is 0 Å². The molecule has 1 N–H and O–H groups in total. The van der Waals surface area contributed by atoms with Gasteiger partial charge in [-0.3, -0.25) is 0 Å². The van der Waals surface area contributed by atoms with E-state index in [2.05, 4.69) is 37.6 Å². The molecule has 0 amide bonds. The van der Waals surface area contributed by atoms with Gasteiger partial charge in [-0.05, 0) is 62.6 Å². The molecule has 1 aliphatic rings. The van der Waals surface area contributed by atoms with Gasteiger partial charge in [0.2, 0.25) is 10.0 Å². The topological polar surface area (TPSA) is 55.4 Å². The van der Waals surface area contributed by atoms with Gasteiger partial charge >= 0.3 is 0 Å². The summed E-state index contributed by atoms with van der Waals surface area (Å²) in [5, 5.41) is 0. The minimum absolute atomic E-state index is 0.224. The zero-order chi connectivity index (χ0) is 16.2. The fourth-order valence-electron chi connectivity index (χ4n) is 3.22. The van der Waals surface area contributed by atoms with Gasteiger partial charge < -0.3 is 4.74 Å². The molecule has 0 unspecified atom stereocenters. The van der Waals surface area contributed by atoms with Crippen molar-refractivity contribution < 1.29 is 13.2 Å². The maximum absolute atomic E-state index is 12.2. The Labute approximate surface area is 134 Å². The molecule has 2 rings (SSSR count). The number of ether oxygens (including phenoxy) is 1. The standard InChI is InChI=1S/C17H27NO3S/c1-13-10-14(2)17(15(3)11-13)4-7-18-22(19,20)12-16-5-8-21-9-6-16/h10-11,16,18H,4-9,12H2,1-3H3. The molecule has 5 heteroatoms. The summed E-state index contributed by atoms with van der Waals surface area (Å²) in [6.45, 7) is 8.10. The first-order valence-electron chi connectivity index (χ1n) is 7.99. The zero-order valence-corrected chi connectivity index (χ0v) is 14.6. The van der Waals surface area contributed by atoms with Crippen molar-refractivity contribution in [2.45, 2.75) is 40.0 Å². The Balaban J connectivity index is 1.87. The Bertz CT molecular complexity index is 581. The van der Waals surface area contributed by atoms with Crippen LogP contribution in [0.4, 0.5) is 0 Å². The van der Waals surface area contributed by atoms with Crippen molar-refractivity contribution in [3.8, 4) is 0 Å². The van der Waals surface area contributed by atoms with E-state index in [1.54, 1.807) is 0 Å². The summed E-state index contributed by atoms with van der Waals surface area (Å²) in [6.07, 6.45) is 2.43. The third-order valence-corrected chi connectivity index (χ3v) is 5.89. The fourth-order valence-corrected chi connectivity index (χ4v) is 4.70. The predicted molar refractivity (Wildman–Crippen MR) is 89.7 cm³/mol. The van der Waals surface area contributed by atoms with Crippen molar-refractivity contribution in [3.05, 3.63) is 34.4 Å². The summed E-state index contributed by atoms with van der Waals surface area (Å²) in [7, 11) is -3.19. The van der Waals surface area contributed by atoms with Crippen LogP contribution in [-0.4, -0.2) is 33.9 Å². The van der Waals surface area contributed by atoms with Gasteiger partial charge in [-0.15, -0.1) is 0 Å². The van der Waals surface area contributed by atoms with E-state index in [9.17, 15) is 8.42 Å². The van der Waals surface area contributed by atoms with E-state index >= 15 is 0 Å². The average molecular weight is 325 g/mol. The van der Waals surface area contributed by atoms with Crippen LogP contribution in [0, 0.1) is 26.7 Å². The first-order valence-corrected chi connectivity index (χ1v) is 9.64. The molecule has 0 radical (unpaired) electrons. The molecular formula is C17H27NO3S. The van der Waals surface area contributed by atoms with Gasteiger partial charge in [0.05, 0.1) is 5.75 Å². The Morgan fingerprint density at radius 1 is 1.14 bits per heavy atom. The Morgan fingerprint density at radius 2 is 1.73 bits per heavy atom. The van der Waals surface area contributed by atoms with E-state index < -0.39 is 10.0 Å². The van der Waals surface area contributed by atoms with Gasteiger partial charge in [0.15, 0.2) is 0 Å². The number of benzene rings is 1. The highest BCUT2D eigenvalue weighted by Gasteiger charge is 2.21. The van der Waals surface area contributed by atoms with Gasteiger partial charge in [-0.2, -0.15) is 0 Å². The third kappa shape index (κ3) is 5.07. The second-order valence-electron chi connectivity index (χ2n) is 6.36. The summed E-state index contributed by atoms with van der Waals surface area (Å²) in [6, 6.07) is 4.30. The average Bonchev–Trinajstić information content (AvgIpc) is 2.42. The molecule has 4 nitrogen and oxygen atoms in total. The van der Waals surface area contributed by atoms with Crippen molar-refractivity contribution in [2.24, 2.45) is 5.92 Å². The Kier molecular flexibility index (Phi) is 6.01. The number of aryl methyl sites for hydroxylation is 3. The van der Waals surface area contributed by atoms with Crippen LogP contribution in [-0.2, 0) is 21.2 Å². The van der Waals surface area contributed by atoms with Crippen LogP contribution >= 0.6 is 0 Å². The second-order valence-corrected chi connectivity index (χ2v) is 8.21. The predicted octanol–water partition coefficient (Wildman–Crippen LogP) is 2.50. The third-order valence-electron chi connectivity index (χ3n) is 4.33. The van der Waals surface area contributed by atoms with Gasteiger partial charge in [-0.25, -0.2) is 13.1 Å². The number of hydrogen-bond acceptors (Lipinski definition) is 3. The smallest absolute Gasteiger partial charge is 0.211 e. The van der Waals surface area contributed by atoms with Crippen molar-refractivity contribution in [1.82, 2.24) is 4.72 Å². The van der Waals surface area contributed by atoms with Crippen molar-refractivity contribution >= 4 is 10.0 Å². The van der Waals surface area contributed by atoms with Gasteiger partial charge in [0.25, 0.3) is 0 Å². The molecule has 0 aromatic heterocycles. The lowest BCUT2D eigenvalue weighted by Crippen LogP contribution is -2.33.